The van der Waals surface area contributed by atoms with Gasteiger partial charge in [0.15, 0.2) is 5.82 Å². The normalized spacial score (nSPS) is 20.7. The van der Waals surface area contributed by atoms with E-state index in [9.17, 15) is 8.42 Å². The first-order valence-electron chi connectivity index (χ1n) is 8.51. The Labute approximate surface area is 153 Å². The van der Waals surface area contributed by atoms with Crippen LogP contribution in [0.15, 0.2) is 36.7 Å². The molecule has 2 atom stereocenters. The van der Waals surface area contributed by atoms with Gasteiger partial charge >= 0.3 is 0 Å². The van der Waals surface area contributed by atoms with Gasteiger partial charge in [-0.2, -0.15) is 0 Å². The zero-order valence-corrected chi connectivity index (χ0v) is 15.7. The van der Waals surface area contributed by atoms with Crippen LogP contribution in [0.5, 0.6) is 5.75 Å². The molecule has 7 nitrogen and oxygen atoms in total. The molecule has 2 aromatic rings. The van der Waals surface area contributed by atoms with Crippen molar-refractivity contribution in [2.75, 3.05) is 13.7 Å². The smallest absolute Gasteiger partial charge is 0.217 e. The average Bonchev–Trinajstić information content (AvgIpc) is 2.67. The fourth-order valence-corrected chi connectivity index (χ4v) is 4.48. The molecular formula is C18H23N3O4S. The lowest BCUT2D eigenvalue weighted by atomic mass is 10.1. The zero-order valence-electron chi connectivity index (χ0n) is 14.9. The van der Waals surface area contributed by atoms with Crippen LogP contribution in [0.3, 0.4) is 0 Å². The molecule has 0 aliphatic carbocycles. The standard InChI is InChI=1S/C18H23N3O4S/c1-13-10-19-18(20-11-13)17-16(4-3-9-25-17)26(22,23)21-12-14-5-7-15(24-2)8-6-14/h5-8,10-11,16-17,21H,3-4,9,12H2,1-2H3/t16-,17-/m0/s1. The highest BCUT2D eigenvalue weighted by Crippen LogP contribution is 2.31. The predicted octanol–water partition coefficient (Wildman–Crippen LogP) is 2.13. The number of hydrogen-bond acceptors (Lipinski definition) is 6. The molecule has 0 spiro atoms. The predicted molar refractivity (Wildman–Crippen MR) is 97.2 cm³/mol. The van der Waals surface area contributed by atoms with E-state index in [0.29, 0.717) is 25.3 Å². The minimum Gasteiger partial charge on any atom is -0.497 e. The first-order valence-corrected chi connectivity index (χ1v) is 10.1. The van der Waals surface area contributed by atoms with Gasteiger partial charge in [-0.05, 0) is 43.0 Å². The Bertz CT molecular complexity index is 823. The van der Waals surface area contributed by atoms with Crippen molar-refractivity contribution in [3.05, 3.63) is 53.6 Å². The molecule has 0 amide bonds. The lowest BCUT2D eigenvalue weighted by molar-refractivity contribution is 0.0122. The fraction of sp³-hybridized carbons (Fsp3) is 0.444. The number of methoxy groups -OCH3 is 1. The maximum atomic E-state index is 12.9. The van der Waals surface area contributed by atoms with E-state index in [1.807, 2.05) is 19.1 Å². The van der Waals surface area contributed by atoms with Gasteiger partial charge in [-0.3, -0.25) is 0 Å². The van der Waals surface area contributed by atoms with Crippen LogP contribution in [0.25, 0.3) is 0 Å². The molecule has 1 fully saturated rings. The highest BCUT2D eigenvalue weighted by molar-refractivity contribution is 7.90. The number of nitrogens with zero attached hydrogens (tertiary/aromatic N) is 2. The monoisotopic (exact) mass is 377 g/mol. The number of aryl methyl sites for hydroxylation is 1. The summed E-state index contributed by atoms with van der Waals surface area (Å²) in [5.74, 6) is 1.14. The molecule has 3 rings (SSSR count). The summed E-state index contributed by atoms with van der Waals surface area (Å²) < 4.78 is 39.2. The fourth-order valence-electron chi connectivity index (χ4n) is 2.90. The van der Waals surface area contributed by atoms with Crippen LogP contribution in [-0.4, -0.2) is 37.4 Å². The van der Waals surface area contributed by atoms with Crippen LogP contribution in [-0.2, 0) is 21.3 Å². The number of aromatic nitrogens is 2. The Morgan fingerprint density at radius 2 is 1.92 bits per heavy atom. The average molecular weight is 377 g/mol. The van der Waals surface area contributed by atoms with Crippen LogP contribution in [0.1, 0.15) is 35.9 Å². The van der Waals surface area contributed by atoms with E-state index in [2.05, 4.69) is 14.7 Å². The van der Waals surface area contributed by atoms with E-state index < -0.39 is 21.4 Å². The molecule has 1 N–H and O–H groups in total. The van der Waals surface area contributed by atoms with E-state index in [1.165, 1.54) is 0 Å². The number of rotatable bonds is 6. The molecule has 0 unspecified atom stereocenters. The van der Waals surface area contributed by atoms with Crippen molar-refractivity contribution in [2.24, 2.45) is 0 Å². The van der Waals surface area contributed by atoms with Gasteiger partial charge in [-0.25, -0.2) is 23.1 Å². The molecule has 1 aromatic carbocycles. The molecule has 1 saturated heterocycles. The lowest BCUT2D eigenvalue weighted by Gasteiger charge is -2.30. The maximum Gasteiger partial charge on any atom is 0.217 e. The Morgan fingerprint density at radius 3 is 2.58 bits per heavy atom. The number of hydrogen-bond donors (Lipinski definition) is 1. The van der Waals surface area contributed by atoms with Gasteiger partial charge in [0.2, 0.25) is 10.0 Å². The van der Waals surface area contributed by atoms with Gasteiger partial charge in [0, 0.05) is 25.5 Å². The van der Waals surface area contributed by atoms with Crippen molar-refractivity contribution >= 4 is 10.0 Å². The molecule has 140 valence electrons. The summed E-state index contributed by atoms with van der Waals surface area (Å²) in [5.41, 5.74) is 1.77. The Hall–Kier alpha value is -2.03. The van der Waals surface area contributed by atoms with E-state index in [1.54, 1.807) is 31.6 Å². The number of sulfonamides is 1. The summed E-state index contributed by atoms with van der Waals surface area (Å²) >= 11 is 0. The Kier molecular flexibility index (Phi) is 5.85. The van der Waals surface area contributed by atoms with Gasteiger partial charge in [0.05, 0.1) is 7.11 Å². The molecule has 8 heteroatoms. The second-order valence-electron chi connectivity index (χ2n) is 6.30. The Morgan fingerprint density at radius 1 is 1.23 bits per heavy atom. The van der Waals surface area contributed by atoms with Crippen LogP contribution < -0.4 is 9.46 Å². The minimum absolute atomic E-state index is 0.213. The van der Waals surface area contributed by atoms with E-state index in [-0.39, 0.29) is 6.54 Å². The number of nitrogens with one attached hydrogen (secondary N) is 1. The van der Waals surface area contributed by atoms with Crippen molar-refractivity contribution in [2.45, 2.75) is 37.7 Å². The van der Waals surface area contributed by atoms with Crippen LogP contribution in [0.4, 0.5) is 0 Å². The summed E-state index contributed by atoms with van der Waals surface area (Å²) in [6, 6.07) is 7.27. The van der Waals surface area contributed by atoms with Gasteiger partial charge in [-0.1, -0.05) is 12.1 Å². The quantitative estimate of drug-likeness (QED) is 0.829. The highest BCUT2D eigenvalue weighted by atomic mass is 32.2. The number of benzene rings is 1. The third-order valence-electron chi connectivity index (χ3n) is 4.36. The molecule has 0 radical (unpaired) electrons. The van der Waals surface area contributed by atoms with Crippen molar-refractivity contribution in [1.82, 2.24) is 14.7 Å². The van der Waals surface area contributed by atoms with Crippen molar-refractivity contribution in [3.8, 4) is 5.75 Å². The molecular weight excluding hydrogens is 354 g/mol. The summed E-state index contributed by atoms with van der Waals surface area (Å²) in [7, 11) is -2.00. The molecule has 1 aliphatic heterocycles. The summed E-state index contributed by atoms with van der Waals surface area (Å²) in [4.78, 5) is 8.52. The zero-order chi connectivity index (χ0) is 18.6. The SMILES string of the molecule is COc1ccc(CNS(=O)(=O)[C@H]2CCCO[C@@H]2c2ncc(C)cn2)cc1. The van der Waals surface area contributed by atoms with E-state index in [0.717, 1.165) is 16.9 Å². The molecule has 0 saturated carbocycles. The van der Waals surface area contributed by atoms with Crippen LogP contribution in [0.2, 0.25) is 0 Å². The van der Waals surface area contributed by atoms with Crippen LogP contribution >= 0.6 is 0 Å². The highest BCUT2D eigenvalue weighted by Gasteiger charge is 2.38. The molecule has 1 aromatic heterocycles. The van der Waals surface area contributed by atoms with Gasteiger partial charge in [0.1, 0.15) is 17.1 Å². The largest absolute Gasteiger partial charge is 0.497 e. The van der Waals surface area contributed by atoms with E-state index >= 15 is 0 Å². The van der Waals surface area contributed by atoms with Gasteiger partial charge < -0.3 is 9.47 Å². The minimum atomic E-state index is -3.59. The summed E-state index contributed by atoms with van der Waals surface area (Å²) in [5, 5.41) is -0.711. The van der Waals surface area contributed by atoms with Crippen molar-refractivity contribution < 1.29 is 17.9 Å². The second kappa shape index (κ2) is 8.11. The first-order chi connectivity index (χ1) is 12.5. The molecule has 2 heterocycles. The van der Waals surface area contributed by atoms with Crippen molar-refractivity contribution in [3.63, 3.8) is 0 Å². The Balaban J connectivity index is 1.73. The van der Waals surface area contributed by atoms with Crippen LogP contribution in [0, 0.1) is 6.92 Å². The summed E-state index contributed by atoms with van der Waals surface area (Å²) in [6.07, 6.45) is 3.90. The maximum absolute atomic E-state index is 12.9. The van der Waals surface area contributed by atoms with Crippen molar-refractivity contribution in [1.29, 1.82) is 0 Å². The summed E-state index contributed by atoms with van der Waals surface area (Å²) in [6.45, 7) is 2.60. The molecule has 1 aliphatic rings. The first kappa shape index (κ1) is 18.8. The topological polar surface area (TPSA) is 90.4 Å². The lowest BCUT2D eigenvalue weighted by Crippen LogP contribution is -2.41. The van der Waals surface area contributed by atoms with E-state index in [4.69, 9.17) is 9.47 Å². The third kappa shape index (κ3) is 4.38. The molecule has 26 heavy (non-hydrogen) atoms. The van der Waals surface area contributed by atoms with Gasteiger partial charge in [0.25, 0.3) is 0 Å². The molecule has 0 bridgehead atoms. The number of ether oxygens (including phenoxy) is 2. The van der Waals surface area contributed by atoms with Gasteiger partial charge in [-0.15, -0.1) is 0 Å². The third-order valence-corrected chi connectivity index (χ3v) is 6.19. The second-order valence-corrected chi connectivity index (χ2v) is 8.29.